The van der Waals surface area contributed by atoms with Crippen LogP contribution in [0.25, 0.3) is 0 Å². The molecule has 0 aromatic rings. The minimum absolute atomic E-state index is 0.321. The normalized spacial score (nSPS) is 37.4. The van der Waals surface area contributed by atoms with E-state index in [1.54, 1.807) is 0 Å². The van der Waals surface area contributed by atoms with Crippen molar-refractivity contribution in [3.05, 3.63) is 0 Å². The minimum atomic E-state index is 0.321. The van der Waals surface area contributed by atoms with E-state index in [2.05, 4.69) is 17.1 Å². The summed E-state index contributed by atoms with van der Waals surface area (Å²) < 4.78 is 0. The van der Waals surface area contributed by atoms with Crippen LogP contribution in [0.3, 0.4) is 0 Å². The van der Waals surface area contributed by atoms with Crippen molar-refractivity contribution in [3.8, 4) is 0 Å². The van der Waals surface area contributed by atoms with Crippen LogP contribution in [0.5, 0.6) is 0 Å². The summed E-state index contributed by atoms with van der Waals surface area (Å²) in [6, 6.07) is 1.89. The third-order valence-electron chi connectivity index (χ3n) is 3.30. The van der Waals surface area contributed by atoms with Gasteiger partial charge in [0, 0.05) is 31.2 Å². The van der Waals surface area contributed by atoms with E-state index in [-0.39, 0.29) is 0 Å². The molecule has 0 aliphatic carbocycles. The van der Waals surface area contributed by atoms with Crippen LogP contribution in [0.2, 0.25) is 0 Å². The molecule has 0 aromatic heterocycles. The molecule has 3 N–H and O–H groups in total. The Bertz CT molecular complexity index is 156. The van der Waals surface area contributed by atoms with Gasteiger partial charge in [-0.25, -0.2) is 0 Å². The molecule has 0 aromatic carbocycles. The molecule has 2 heterocycles. The molecule has 2 fully saturated rings. The molecule has 2 saturated heterocycles. The van der Waals surface area contributed by atoms with Gasteiger partial charge in [0.25, 0.3) is 0 Å². The summed E-state index contributed by atoms with van der Waals surface area (Å²) in [6.07, 6.45) is 4.06. The van der Waals surface area contributed by atoms with Crippen LogP contribution in [-0.4, -0.2) is 42.7 Å². The van der Waals surface area contributed by atoms with Gasteiger partial charge in [-0.15, -0.1) is 0 Å². The highest BCUT2D eigenvalue weighted by molar-refractivity contribution is 4.92. The standard InChI is InChI=1S/C10H21N3/c1-8(11)7-13-9-2-3-10(13)6-12-5-4-9/h8-10,12H,2-7,11H2,1H3. The van der Waals surface area contributed by atoms with Crippen LogP contribution in [0.4, 0.5) is 0 Å². The first kappa shape index (κ1) is 9.44. The Labute approximate surface area is 80.7 Å². The minimum Gasteiger partial charge on any atom is -0.327 e. The van der Waals surface area contributed by atoms with Gasteiger partial charge in [-0.05, 0) is 32.7 Å². The number of nitrogens with zero attached hydrogens (tertiary/aromatic N) is 1. The second-order valence-electron chi connectivity index (χ2n) is 4.55. The molecule has 76 valence electrons. The van der Waals surface area contributed by atoms with Crippen LogP contribution >= 0.6 is 0 Å². The fraction of sp³-hybridized carbons (Fsp3) is 1.00. The maximum Gasteiger partial charge on any atom is 0.0224 e. The molecule has 2 rings (SSSR count). The molecule has 0 spiro atoms. The average Bonchev–Trinajstić information content (AvgIpc) is 2.24. The molecule has 0 amide bonds. The van der Waals surface area contributed by atoms with E-state index in [1.165, 1.54) is 32.4 Å². The number of rotatable bonds is 2. The van der Waals surface area contributed by atoms with E-state index >= 15 is 0 Å². The van der Waals surface area contributed by atoms with Gasteiger partial charge in [0.2, 0.25) is 0 Å². The Morgan fingerprint density at radius 3 is 2.92 bits per heavy atom. The third kappa shape index (κ3) is 2.03. The Morgan fingerprint density at radius 2 is 2.15 bits per heavy atom. The van der Waals surface area contributed by atoms with Crippen LogP contribution in [-0.2, 0) is 0 Å². The van der Waals surface area contributed by atoms with Crippen LogP contribution in [0.15, 0.2) is 0 Å². The van der Waals surface area contributed by atoms with Gasteiger partial charge in [-0.2, -0.15) is 0 Å². The van der Waals surface area contributed by atoms with Gasteiger partial charge >= 0.3 is 0 Å². The molecule has 3 heteroatoms. The molecule has 13 heavy (non-hydrogen) atoms. The summed E-state index contributed by atoms with van der Waals surface area (Å²) in [5, 5.41) is 3.50. The first-order valence-corrected chi connectivity index (χ1v) is 5.49. The summed E-state index contributed by atoms with van der Waals surface area (Å²) >= 11 is 0. The van der Waals surface area contributed by atoms with Gasteiger partial charge in [0.15, 0.2) is 0 Å². The summed E-state index contributed by atoms with van der Waals surface area (Å²) in [5.41, 5.74) is 5.86. The Balaban J connectivity index is 1.99. The van der Waals surface area contributed by atoms with Gasteiger partial charge < -0.3 is 11.1 Å². The molecule has 2 bridgehead atoms. The lowest BCUT2D eigenvalue weighted by Crippen LogP contribution is -2.44. The molecule has 3 unspecified atom stereocenters. The maximum atomic E-state index is 5.86. The number of nitrogens with two attached hydrogens (primary N) is 1. The maximum absolute atomic E-state index is 5.86. The fourth-order valence-electron chi connectivity index (χ4n) is 2.71. The van der Waals surface area contributed by atoms with Gasteiger partial charge in [0.1, 0.15) is 0 Å². The van der Waals surface area contributed by atoms with E-state index in [4.69, 9.17) is 5.73 Å². The number of nitrogens with one attached hydrogen (secondary N) is 1. The second-order valence-corrected chi connectivity index (χ2v) is 4.55. The molecule has 0 radical (unpaired) electrons. The van der Waals surface area contributed by atoms with E-state index in [0.29, 0.717) is 6.04 Å². The Kier molecular flexibility index (Phi) is 2.86. The zero-order valence-electron chi connectivity index (χ0n) is 8.50. The third-order valence-corrected chi connectivity index (χ3v) is 3.30. The SMILES string of the molecule is CC(N)CN1C2CCNCC1CC2. The molecule has 0 saturated carbocycles. The Hall–Kier alpha value is -0.120. The van der Waals surface area contributed by atoms with Crippen LogP contribution < -0.4 is 11.1 Å². The molecule has 3 atom stereocenters. The van der Waals surface area contributed by atoms with E-state index < -0.39 is 0 Å². The Morgan fingerprint density at radius 1 is 1.38 bits per heavy atom. The zero-order chi connectivity index (χ0) is 9.26. The van der Waals surface area contributed by atoms with E-state index in [0.717, 1.165) is 18.6 Å². The van der Waals surface area contributed by atoms with Crippen LogP contribution in [0.1, 0.15) is 26.2 Å². The summed E-state index contributed by atoms with van der Waals surface area (Å²) in [7, 11) is 0. The van der Waals surface area contributed by atoms with Crippen molar-refractivity contribution >= 4 is 0 Å². The van der Waals surface area contributed by atoms with E-state index in [1.807, 2.05) is 0 Å². The molecule has 2 aliphatic rings. The zero-order valence-corrected chi connectivity index (χ0v) is 8.50. The van der Waals surface area contributed by atoms with Crippen molar-refractivity contribution in [1.29, 1.82) is 0 Å². The lowest BCUT2D eigenvalue weighted by atomic mass is 10.1. The summed E-state index contributed by atoms with van der Waals surface area (Å²) in [5.74, 6) is 0. The molecule has 2 aliphatic heterocycles. The quantitative estimate of drug-likeness (QED) is 0.641. The molecular formula is C10H21N3. The molecular weight excluding hydrogens is 162 g/mol. The lowest BCUT2D eigenvalue weighted by molar-refractivity contribution is 0.193. The average molecular weight is 183 g/mol. The predicted octanol–water partition coefficient (Wildman–Crippen LogP) is 0.160. The van der Waals surface area contributed by atoms with Crippen molar-refractivity contribution in [2.45, 2.75) is 44.3 Å². The monoisotopic (exact) mass is 183 g/mol. The number of hydrogen-bond acceptors (Lipinski definition) is 3. The summed E-state index contributed by atoms with van der Waals surface area (Å²) in [4.78, 5) is 2.63. The van der Waals surface area contributed by atoms with Crippen molar-refractivity contribution in [3.63, 3.8) is 0 Å². The first-order valence-electron chi connectivity index (χ1n) is 5.49. The molecule has 3 nitrogen and oxygen atoms in total. The van der Waals surface area contributed by atoms with Gasteiger partial charge in [-0.1, -0.05) is 0 Å². The predicted molar refractivity (Wildman–Crippen MR) is 54.7 cm³/mol. The largest absolute Gasteiger partial charge is 0.327 e. The second kappa shape index (κ2) is 3.95. The summed E-state index contributed by atoms with van der Waals surface area (Å²) in [6.45, 7) is 5.55. The lowest BCUT2D eigenvalue weighted by Gasteiger charge is -2.28. The first-order chi connectivity index (χ1) is 6.27. The van der Waals surface area contributed by atoms with Crippen LogP contribution in [0, 0.1) is 0 Å². The highest BCUT2D eigenvalue weighted by atomic mass is 15.2. The highest BCUT2D eigenvalue weighted by Crippen LogP contribution is 2.27. The fourth-order valence-corrected chi connectivity index (χ4v) is 2.71. The van der Waals surface area contributed by atoms with Crippen molar-refractivity contribution in [2.75, 3.05) is 19.6 Å². The topological polar surface area (TPSA) is 41.3 Å². The van der Waals surface area contributed by atoms with Crippen molar-refractivity contribution < 1.29 is 0 Å². The number of hydrogen-bond donors (Lipinski definition) is 2. The van der Waals surface area contributed by atoms with Gasteiger partial charge in [-0.3, -0.25) is 4.90 Å². The number of fused-ring (bicyclic) bond motifs is 2. The van der Waals surface area contributed by atoms with E-state index in [9.17, 15) is 0 Å². The van der Waals surface area contributed by atoms with Gasteiger partial charge in [0.05, 0.1) is 0 Å². The smallest absolute Gasteiger partial charge is 0.0224 e. The van der Waals surface area contributed by atoms with Crippen molar-refractivity contribution in [1.82, 2.24) is 10.2 Å². The highest BCUT2D eigenvalue weighted by Gasteiger charge is 2.34. The van der Waals surface area contributed by atoms with Crippen molar-refractivity contribution in [2.24, 2.45) is 5.73 Å².